The second-order valence-electron chi connectivity index (χ2n) is 5.83. The molecule has 0 heterocycles. The van der Waals surface area contributed by atoms with Gasteiger partial charge in [-0.25, -0.2) is 4.79 Å². The van der Waals surface area contributed by atoms with Gasteiger partial charge in [-0.3, -0.25) is 9.59 Å². The second kappa shape index (κ2) is 7.72. The van der Waals surface area contributed by atoms with E-state index < -0.39 is 18.4 Å². The third-order valence-electron chi connectivity index (χ3n) is 4.27. The molecule has 0 aromatic heterocycles. The zero-order valence-electron chi connectivity index (χ0n) is 12.8. The van der Waals surface area contributed by atoms with E-state index in [0.717, 1.165) is 25.7 Å². The third-order valence-corrected chi connectivity index (χ3v) is 4.27. The van der Waals surface area contributed by atoms with Crippen LogP contribution in [0, 0.1) is 5.92 Å². The maximum atomic E-state index is 12.5. The third kappa shape index (κ3) is 4.52. The molecule has 2 N–H and O–H groups in total. The van der Waals surface area contributed by atoms with Crippen molar-refractivity contribution in [3.8, 4) is 0 Å². The molecule has 0 aliphatic heterocycles. The molecule has 1 saturated carbocycles. The van der Waals surface area contributed by atoms with Crippen LogP contribution in [0.4, 0.5) is 0 Å². The lowest BCUT2D eigenvalue weighted by molar-refractivity contribution is -0.139. The number of allylic oxidation sites excluding steroid dienone is 1. The molecule has 0 atom stereocenters. The van der Waals surface area contributed by atoms with Crippen LogP contribution in [0.25, 0.3) is 0 Å². The number of benzene rings is 1. The van der Waals surface area contributed by atoms with Gasteiger partial charge >= 0.3 is 11.9 Å². The average molecular weight is 316 g/mol. The highest BCUT2D eigenvalue weighted by Crippen LogP contribution is 2.36. The molecule has 1 aliphatic rings. The highest BCUT2D eigenvalue weighted by molar-refractivity contribution is 6.00. The number of hydrogen-bond acceptors (Lipinski definition) is 3. The van der Waals surface area contributed by atoms with Crippen LogP contribution in [0.5, 0.6) is 0 Å². The number of carbonyl (C=O) groups is 3. The van der Waals surface area contributed by atoms with Crippen molar-refractivity contribution >= 4 is 17.7 Å². The fourth-order valence-electron chi connectivity index (χ4n) is 3.15. The molecule has 23 heavy (non-hydrogen) atoms. The molecular weight excluding hydrogens is 296 g/mol. The van der Waals surface area contributed by atoms with Crippen LogP contribution >= 0.6 is 0 Å². The largest absolute Gasteiger partial charge is 0.481 e. The predicted octanol–water partition coefficient (Wildman–Crippen LogP) is 3.31. The smallest absolute Gasteiger partial charge is 0.332 e. The molecule has 2 rings (SSSR count). The standard InChI is InChI=1S/C18H20O5/c19-16(13-8-2-1-3-9-13)10-14(12-6-4-5-7-12)15(18(22)23)11-17(20)21/h1-3,8-9,12H,4-7,10-11H2,(H,20,21)(H,22,23). The van der Waals surface area contributed by atoms with Crippen molar-refractivity contribution in [2.45, 2.75) is 38.5 Å². The predicted molar refractivity (Wildman–Crippen MR) is 84.3 cm³/mol. The van der Waals surface area contributed by atoms with E-state index in [1.54, 1.807) is 30.3 Å². The van der Waals surface area contributed by atoms with Crippen LogP contribution in [0.2, 0.25) is 0 Å². The minimum Gasteiger partial charge on any atom is -0.481 e. The van der Waals surface area contributed by atoms with Gasteiger partial charge in [0.25, 0.3) is 0 Å². The molecule has 1 fully saturated rings. The summed E-state index contributed by atoms with van der Waals surface area (Å²) < 4.78 is 0. The van der Waals surface area contributed by atoms with Crippen molar-refractivity contribution in [3.63, 3.8) is 0 Å². The van der Waals surface area contributed by atoms with Crippen LogP contribution in [0.1, 0.15) is 48.9 Å². The molecule has 1 aromatic rings. The van der Waals surface area contributed by atoms with Crippen LogP contribution in [-0.4, -0.2) is 27.9 Å². The Labute approximate surface area is 134 Å². The monoisotopic (exact) mass is 316 g/mol. The number of ketones is 1. The summed E-state index contributed by atoms with van der Waals surface area (Å²) in [4.78, 5) is 35.0. The molecule has 0 saturated heterocycles. The number of aliphatic carboxylic acids is 2. The minimum absolute atomic E-state index is 0.00638. The Morgan fingerprint density at radius 3 is 2.09 bits per heavy atom. The lowest BCUT2D eigenvalue weighted by atomic mass is 9.86. The van der Waals surface area contributed by atoms with Crippen molar-refractivity contribution in [2.24, 2.45) is 5.92 Å². The zero-order valence-corrected chi connectivity index (χ0v) is 12.8. The van der Waals surface area contributed by atoms with Gasteiger partial charge in [0.05, 0.1) is 6.42 Å². The maximum absolute atomic E-state index is 12.5. The van der Waals surface area contributed by atoms with E-state index in [4.69, 9.17) is 5.11 Å². The lowest BCUT2D eigenvalue weighted by Gasteiger charge is -2.17. The van der Waals surface area contributed by atoms with E-state index in [1.807, 2.05) is 0 Å². The first-order valence-corrected chi connectivity index (χ1v) is 7.74. The van der Waals surface area contributed by atoms with E-state index in [0.29, 0.717) is 11.1 Å². The van der Waals surface area contributed by atoms with Crippen LogP contribution in [0.3, 0.4) is 0 Å². The summed E-state index contributed by atoms with van der Waals surface area (Å²) in [5.41, 5.74) is 0.878. The molecule has 0 bridgehead atoms. The summed E-state index contributed by atoms with van der Waals surface area (Å²) >= 11 is 0. The molecule has 1 aromatic carbocycles. The second-order valence-corrected chi connectivity index (χ2v) is 5.83. The SMILES string of the molecule is O=C(O)CC(C(=O)O)=C(CC(=O)c1ccccc1)C1CCCC1. The van der Waals surface area contributed by atoms with Gasteiger partial charge < -0.3 is 10.2 Å². The van der Waals surface area contributed by atoms with Crippen LogP contribution < -0.4 is 0 Å². The number of Topliss-reactive ketones (excluding diaryl/α,β-unsaturated/α-hetero) is 1. The van der Waals surface area contributed by atoms with Gasteiger partial charge in [-0.15, -0.1) is 0 Å². The molecule has 5 nitrogen and oxygen atoms in total. The molecule has 122 valence electrons. The van der Waals surface area contributed by atoms with Gasteiger partial charge in [-0.2, -0.15) is 0 Å². The van der Waals surface area contributed by atoms with E-state index in [-0.39, 0.29) is 23.7 Å². The fourth-order valence-corrected chi connectivity index (χ4v) is 3.15. The Morgan fingerprint density at radius 1 is 0.957 bits per heavy atom. The van der Waals surface area contributed by atoms with Gasteiger partial charge in [-0.1, -0.05) is 43.2 Å². The Bertz CT molecular complexity index is 624. The molecule has 0 unspecified atom stereocenters. The highest BCUT2D eigenvalue weighted by atomic mass is 16.4. The number of hydrogen-bond donors (Lipinski definition) is 2. The Hall–Kier alpha value is -2.43. The number of carbonyl (C=O) groups excluding carboxylic acids is 1. The number of rotatable bonds is 7. The fraction of sp³-hybridized carbons (Fsp3) is 0.389. The summed E-state index contributed by atoms with van der Waals surface area (Å²) in [6, 6.07) is 8.68. The molecular formula is C18H20O5. The van der Waals surface area contributed by atoms with Crippen LogP contribution in [-0.2, 0) is 9.59 Å². The quantitative estimate of drug-likeness (QED) is 0.595. The van der Waals surface area contributed by atoms with E-state index >= 15 is 0 Å². The summed E-state index contributed by atoms with van der Waals surface area (Å²) in [7, 11) is 0. The zero-order chi connectivity index (χ0) is 16.8. The summed E-state index contributed by atoms with van der Waals surface area (Å²) in [5.74, 6) is -2.61. The Morgan fingerprint density at radius 2 is 1.57 bits per heavy atom. The molecule has 1 aliphatic carbocycles. The van der Waals surface area contributed by atoms with E-state index in [2.05, 4.69) is 0 Å². The first kappa shape index (κ1) is 16.9. The van der Waals surface area contributed by atoms with Gasteiger partial charge in [0.1, 0.15) is 0 Å². The first-order chi connectivity index (χ1) is 11.0. The molecule has 0 amide bonds. The normalized spacial score (nSPS) is 16.0. The van der Waals surface area contributed by atoms with E-state index in [1.165, 1.54) is 0 Å². The van der Waals surface area contributed by atoms with Crippen molar-refractivity contribution in [2.75, 3.05) is 0 Å². The number of carboxylic acids is 2. The van der Waals surface area contributed by atoms with Gasteiger partial charge in [0.15, 0.2) is 5.78 Å². The highest BCUT2D eigenvalue weighted by Gasteiger charge is 2.28. The summed E-state index contributed by atoms with van der Waals surface area (Å²) in [5, 5.41) is 18.4. The van der Waals surface area contributed by atoms with Crippen molar-refractivity contribution < 1.29 is 24.6 Å². The Kier molecular flexibility index (Phi) is 5.68. The summed E-state index contributed by atoms with van der Waals surface area (Å²) in [6.07, 6.45) is 3.01. The van der Waals surface area contributed by atoms with Crippen molar-refractivity contribution in [1.82, 2.24) is 0 Å². The molecule has 0 radical (unpaired) electrons. The lowest BCUT2D eigenvalue weighted by Crippen LogP contribution is -2.16. The van der Waals surface area contributed by atoms with Crippen molar-refractivity contribution in [3.05, 3.63) is 47.0 Å². The Balaban J connectivity index is 2.35. The minimum atomic E-state index is -1.24. The molecule has 5 heteroatoms. The number of carboxylic acid groups (broad SMARTS) is 2. The maximum Gasteiger partial charge on any atom is 0.332 e. The first-order valence-electron chi connectivity index (χ1n) is 7.74. The van der Waals surface area contributed by atoms with Gasteiger partial charge in [-0.05, 0) is 24.3 Å². The average Bonchev–Trinajstić information content (AvgIpc) is 3.05. The topological polar surface area (TPSA) is 91.7 Å². The van der Waals surface area contributed by atoms with E-state index in [9.17, 15) is 19.5 Å². The summed E-state index contributed by atoms with van der Waals surface area (Å²) in [6.45, 7) is 0. The van der Waals surface area contributed by atoms with Gasteiger partial charge in [0.2, 0.25) is 0 Å². The van der Waals surface area contributed by atoms with Crippen molar-refractivity contribution in [1.29, 1.82) is 0 Å². The van der Waals surface area contributed by atoms with Crippen LogP contribution in [0.15, 0.2) is 41.5 Å². The molecule has 0 spiro atoms. The van der Waals surface area contributed by atoms with Gasteiger partial charge in [0, 0.05) is 17.6 Å².